The molecule has 11 heteroatoms. The molecule has 0 spiro atoms. The van der Waals surface area contributed by atoms with Gasteiger partial charge < -0.3 is 26.6 Å². The fraction of sp³-hybridized carbons (Fsp3) is 0.839. The third-order valence-corrected chi connectivity index (χ3v) is 11.2. The lowest BCUT2D eigenvalue weighted by Crippen LogP contribution is -2.63. The molecular formula is C31H51N5O5S. The first-order valence-corrected chi connectivity index (χ1v) is 16.9. The highest BCUT2D eigenvalue weighted by Crippen LogP contribution is 2.65. The van der Waals surface area contributed by atoms with Gasteiger partial charge in [0.2, 0.25) is 17.6 Å². The first-order chi connectivity index (χ1) is 19.6. The zero-order valence-corrected chi connectivity index (χ0v) is 27.0. The van der Waals surface area contributed by atoms with Crippen LogP contribution in [0.5, 0.6) is 0 Å². The number of carbonyl (C=O) groups is 5. The van der Waals surface area contributed by atoms with Crippen molar-refractivity contribution in [3.05, 3.63) is 0 Å². The number of nitrogens with zero attached hydrogens (tertiary/aromatic N) is 1. The molecule has 10 nitrogen and oxygen atoms in total. The molecule has 0 aromatic carbocycles. The number of urea groups is 1. The summed E-state index contributed by atoms with van der Waals surface area (Å²) >= 11 is 1.82. The molecule has 0 aromatic heterocycles. The van der Waals surface area contributed by atoms with Crippen molar-refractivity contribution in [2.45, 2.75) is 117 Å². The van der Waals surface area contributed by atoms with E-state index in [0.717, 1.165) is 56.5 Å². The number of rotatable bonds is 12. The van der Waals surface area contributed by atoms with Crippen LogP contribution in [0.2, 0.25) is 0 Å². The molecule has 0 bridgehead atoms. The van der Waals surface area contributed by atoms with Crippen LogP contribution in [0.25, 0.3) is 0 Å². The summed E-state index contributed by atoms with van der Waals surface area (Å²) in [6.45, 7) is 12.4. The lowest BCUT2D eigenvalue weighted by atomic mass is 9.83. The van der Waals surface area contributed by atoms with Crippen LogP contribution in [0.3, 0.4) is 0 Å². The molecule has 4 fully saturated rings. The Balaban J connectivity index is 1.52. The maximum Gasteiger partial charge on any atom is 0.315 e. The van der Waals surface area contributed by atoms with Crippen LogP contribution in [-0.2, 0) is 19.2 Å². The summed E-state index contributed by atoms with van der Waals surface area (Å²) in [6.07, 6.45) is 7.39. The fourth-order valence-electron chi connectivity index (χ4n) is 7.21. The molecule has 1 unspecified atom stereocenters. The number of hydrogen-bond acceptors (Lipinski definition) is 6. The number of piperidine rings is 1. The molecule has 3 saturated carbocycles. The number of Topliss-reactive ketones (excluding diaryl/α,β-unsaturated/α-hetero) is 1. The molecule has 4 rings (SSSR count). The van der Waals surface area contributed by atoms with Crippen molar-refractivity contribution >= 4 is 41.3 Å². The standard InChI is InChI=1S/C31H51N5O5S/c1-7-42-17-31(13-9-8-10-14-31)35-28(41)34-24(29(2,3)4)27(40)36-16-19-21(30(19,5)6)22(36)26(39)33-20(15-18-11-12-18)23(37)25(32)38/h18-22,24H,7-17H2,1-6H3,(H2,32,38)(H,33,39)(H2,34,35,41)/t19-,20?,21-,22-,24+/m0/s1. The van der Waals surface area contributed by atoms with Crippen LogP contribution in [0.1, 0.15) is 92.9 Å². The van der Waals surface area contributed by atoms with Crippen LogP contribution in [0.4, 0.5) is 4.79 Å². The average Bonchev–Trinajstić information content (AvgIpc) is 3.76. The summed E-state index contributed by atoms with van der Waals surface area (Å²) in [5, 5.41) is 9.06. The molecule has 5 amide bonds. The quantitative estimate of drug-likeness (QED) is 0.251. The number of likely N-dealkylation sites (tertiary alicyclic amines) is 1. The summed E-state index contributed by atoms with van der Waals surface area (Å²) in [5.74, 6) is -0.460. The van der Waals surface area contributed by atoms with Gasteiger partial charge >= 0.3 is 6.03 Å². The number of nitrogens with two attached hydrogens (primary N) is 1. The number of primary amides is 1. The normalized spacial score (nSPS) is 27.3. The minimum atomic E-state index is -1.07. The Morgan fingerprint density at radius 1 is 1.02 bits per heavy atom. The zero-order chi connectivity index (χ0) is 31.0. The van der Waals surface area contributed by atoms with Gasteiger partial charge in [0.25, 0.3) is 5.91 Å². The average molecular weight is 606 g/mol. The molecule has 0 radical (unpaired) electrons. The molecule has 5 N–H and O–H groups in total. The third-order valence-electron chi connectivity index (χ3n) is 10.1. The molecule has 3 aliphatic carbocycles. The fourth-order valence-corrected chi connectivity index (χ4v) is 8.17. The first kappa shape index (κ1) is 32.6. The second-order valence-corrected chi connectivity index (χ2v) is 16.0. The molecule has 4 aliphatic rings. The van der Waals surface area contributed by atoms with Crippen LogP contribution >= 0.6 is 11.8 Å². The number of thioether (sulfide) groups is 1. The number of hydrogen-bond donors (Lipinski definition) is 4. The van der Waals surface area contributed by atoms with E-state index in [9.17, 15) is 24.0 Å². The molecule has 42 heavy (non-hydrogen) atoms. The van der Waals surface area contributed by atoms with Gasteiger partial charge in [0.1, 0.15) is 12.1 Å². The second-order valence-electron chi connectivity index (χ2n) is 14.7. The molecule has 1 heterocycles. The highest BCUT2D eigenvalue weighted by Gasteiger charge is 2.70. The van der Waals surface area contributed by atoms with E-state index in [0.29, 0.717) is 13.0 Å². The van der Waals surface area contributed by atoms with Crippen molar-refractivity contribution in [1.29, 1.82) is 0 Å². The van der Waals surface area contributed by atoms with Gasteiger partial charge in [-0.1, -0.05) is 73.6 Å². The van der Waals surface area contributed by atoms with Gasteiger partial charge in [-0.15, -0.1) is 0 Å². The minimum absolute atomic E-state index is 0.0715. The van der Waals surface area contributed by atoms with Gasteiger partial charge in [0.05, 0.1) is 11.6 Å². The Bertz CT molecular complexity index is 1080. The van der Waals surface area contributed by atoms with Gasteiger partial charge in [-0.3, -0.25) is 19.2 Å². The predicted octanol–water partition coefficient (Wildman–Crippen LogP) is 2.98. The maximum atomic E-state index is 14.2. The smallest absolute Gasteiger partial charge is 0.315 e. The van der Waals surface area contributed by atoms with E-state index in [1.54, 1.807) is 4.90 Å². The summed E-state index contributed by atoms with van der Waals surface area (Å²) in [5.41, 5.74) is 4.26. The van der Waals surface area contributed by atoms with Crippen molar-refractivity contribution < 1.29 is 24.0 Å². The molecule has 5 atom stereocenters. The Morgan fingerprint density at radius 2 is 1.67 bits per heavy atom. The first-order valence-electron chi connectivity index (χ1n) is 15.7. The van der Waals surface area contributed by atoms with Gasteiger partial charge in [-0.05, 0) is 53.6 Å². The summed E-state index contributed by atoms with van der Waals surface area (Å²) < 4.78 is 0. The largest absolute Gasteiger partial charge is 0.363 e. The number of ketones is 1. The van der Waals surface area contributed by atoms with E-state index in [4.69, 9.17) is 5.73 Å². The summed E-state index contributed by atoms with van der Waals surface area (Å²) in [7, 11) is 0. The highest BCUT2D eigenvalue weighted by atomic mass is 32.2. The van der Waals surface area contributed by atoms with E-state index < -0.39 is 41.1 Å². The van der Waals surface area contributed by atoms with Gasteiger partial charge in [-0.25, -0.2) is 4.79 Å². The minimum Gasteiger partial charge on any atom is -0.363 e. The monoisotopic (exact) mass is 605 g/mol. The van der Waals surface area contributed by atoms with Gasteiger partial charge in [0, 0.05) is 12.3 Å². The van der Waals surface area contributed by atoms with E-state index in [-0.39, 0.29) is 40.6 Å². The van der Waals surface area contributed by atoms with E-state index in [1.807, 2.05) is 32.5 Å². The van der Waals surface area contributed by atoms with Crippen LogP contribution in [0.15, 0.2) is 0 Å². The van der Waals surface area contributed by atoms with E-state index in [2.05, 4.69) is 36.7 Å². The molecule has 0 aromatic rings. The number of amides is 5. The summed E-state index contributed by atoms with van der Waals surface area (Å²) in [6, 6.07) is -3.00. The van der Waals surface area contributed by atoms with Crippen LogP contribution < -0.4 is 21.7 Å². The van der Waals surface area contributed by atoms with Crippen LogP contribution in [-0.4, -0.2) is 76.2 Å². The van der Waals surface area contributed by atoms with Crippen molar-refractivity contribution in [1.82, 2.24) is 20.9 Å². The Morgan fingerprint density at radius 3 is 2.21 bits per heavy atom. The molecular weight excluding hydrogens is 554 g/mol. The lowest BCUT2D eigenvalue weighted by molar-refractivity contribution is -0.145. The van der Waals surface area contributed by atoms with Crippen LogP contribution in [0, 0.1) is 28.6 Å². The zero-order valence-electron chi connectivity index (χ0n) is 26.2. The molecule has 1 saturated heterocycles. The van der Waals surface area contributed by atoms with Crippen molar-refractivity contribution in [3.63, 3.8) is 0 Å². The Kier molecular flexibility index (Phi) is 9.60. The number of nitrogens with one attached hydrogen (secondary N) is 3. The number of fused-ring (bicyclic) bond motifs is 1. The Hall–Kier alpha value is -2.30. The topological polar surface area (TPSA) is 151 Å². The van der Waals surface area contributed by atoms with E-state index >= 15 is 0 Å². The van der Waals surface area contributed by atoms with Gasteiger partial charge in [0.15, 0.2) is 0 Å². The number of carbonyl (C=O) groups excluding carboxylic acids is 5. The van der Waals surface area contributed by atoms with Crippen molar-refractivity contribution in [2.24, 2.45) is 34.3 Å². The predicted molar refractivity (Wildman–Crippen MR) is 163 cm³/mol. The molecule has 1 aliphatic heterocycles. The lowest BCUT2D eigenvalue weighted by Gasteiger charge is -2.40. The van der Waals surface area contributed by atoms with Crippen molar-refractivity contribution in [3.8, 4) is 0 Å². The van der Waals surface area contributed by atoms with E-state index in [1.165, 1.54) is 0 Å². The summed E-state index contributed by atoms with van der Waals surface area (Å²) in [4.78, 5) is 67.4. The Labute approximate surface area is 254 Å². The maximum absolute atomic E-state index is 14.2. The van der Waals surface area contributed by atoms with Crippen molar-refractivity contribution in [2.75, 3.05) is 18.1 Å². The third kappa shape index (κ3) is 7.08. The second kappa shape index (κ2) is 12.4. The molecule has 236 valence electrons. The SMILES string of the molecule is CCSCC1(NC(=O)N[C@H](C(=O)N2C[C@H]3[C@@H]([C@H]2C(=O)NC(CC2CC2)C(=O)C(N)=O)C3(C)C)C(C)(C)C)CCCCC1. The van der Waals surface area contributed by atoms with Gasteiger partial charge in [-0.2, -0.15) is 11.8 Å². The highest BCUT2D eigenvalue weighted by molar-refractivity contribution is 7.99.